The van der Waals surface area contributed by atoms with Crippen LogP contribution in [0, 0.1) is 6.92 Å². The topological polar surface area (TPSA) is 49.7 Å². The van der Waals surface area contributed by atoms with Gasteiger partial charge in [-0.05, 0) is 12.5 Å². The monoisotopic (exact) mass is 310 g/mol. The van der Waals surface area contributed by atoms with Gasteiger partial charge in [-0.15, -0.1) is 0 Å². The summed E-state index contributed by atoms with van der Waals surface area (Å²) in [5, 5.41) is 0.969. The van der Waals surface area contributed by atoms with Crippen LogP contribution in [0.3, 0.4) is 0 Å². The van der Waals surface area contributed by atoms with Crippen LogP contribution in [0.4, 0.5) is 0 Å². The van der Waals surface area contributed by atoms with Crippen molar-refractivity contribution in [2.24, 2.45) is 4.99 Å². The normalized spacial score (nSPS) is 27.5. The summed E-state index contributed by atoms with van der Waals surface area (Å²) in [6.07, 6.45) is 0. The number of benzene rings is 1. The molecule has 2 aliphatic heterocycles. The summed E-state index contributed by atoms with van der Waals surface area (Å²) in [5.74, 6) is 1.32. The number of nitrogens with zero attached hydrogens (tertiary/aromatic N) is 2. The van der Waals surface area contributed by atoms with Crippen LogP contribution in [-0.2, 0) is 15.6 Å². The van der Waals surface area contributed by atoms with Gasteiger partial charge in [0.2, 0.25) is 0 Å². The molecule has 3 rings (SSSR count). The number of hydrogen-bond donors (Lipinski definition) is 0. The molecule has 0 saturated carbocycles. The molecule has 4 nitrogen and oxygen atoms in total. The molecular weight excluding hydrogens is 292 g/mol. The quantitative estimate of drug-likeness (QED) is 0.834. The van der Waals surface area contributed by atoms with Crippen LogP contribution in [-0.4, -0.2) is 49.1 Å². The minimum atomic E-state index is -2.89. The molecule has 0 amide bonds. The SMILES string of the molecule is Cc1cccc(CSC2=N[C@@H]3CS(=O)(=O)C[C@@H]3N2C)c1. The zero-order valence-electron chi connectivity index (χ0n) is 11.6. The summed E-state index contributed by atoms with van der Waals surface area (Å²) in [6.45, 7) is 2.09. The van der Waals surface area contributed by atoms with Crippen LogP contribution in [0.1, 0.15) is 11.1 Å². The third-order valence-corrected chi connectivity index (χ3v) is 6.65. The molecule has 0 unspecified atom stereocenters. The largest absolute Gasteiger partial charge is 0.348 e. The van der Waals surface area contributed by atoms with Crippen molar-refractivity contribution in [1.82, 2.24) is 4.90 Å². The molecule has 0 spiro atoms. The van der Waals surface area contributed by atoms with Crippen LogP contribution in [0.15, 0.2) is 29.3 Å². The Morgan fingerprint density at radius 2 is 2.20 bits per heavy atom. The molecular formula is C14H18N2O2S2. The summed E-state index contributed by atoms with van der Waals surface area (Å²) in [7, 11) is -0.941. The van der Waals surface area contributed by atoms with Crippen LogP contribution >= 0.6 is 11.8 Å². The van der Waals surface area contributed by atoms with Gasteiger partial charge in [-0.2, -0.15) is 0 Å². The van der Waals surface area contributed by atoms with Gasteiger partial charge < -0.3 is 4.90 Å². The van der Waals surface area contributed by atoms with Crippen molar-refractivity contribution in [3.8, 4) is 0 Å². The Hall–Kier alpha value is -1.01. The van der Waals surface area contributed by atoms with E-state index >= 15 is 0 Å². The number of likely N-dealkylation sites (N-methyl/N-ethyl adjacent to an activating group) is 1. The Balaban J connectivity index is 1.68. The van der Waals surface area contributed by atoms with E-state index in [0.717, 1.165) is 10.9 Å². The number of sulfone groups is 1. The smallest absolute Gasteiger partial charge is 0.159 e. The molecule has 1 saturated heterocycles. The van der Waals surface area contributed by atoms with Gasteiger partial charge in [-0.25, -0.2) is 8.42 Å². The molecule has 2 aliphatic rings. The predicted molar refractivity (Wildman–Crippen MR) is 83.9 cm³/mol. The molecule has 0 radical (unpaired) electrons. The number of thioether (sulfide) groups is 1. The predicted octanol–water partition coefficient (Wildman–Crippen LogP) is 1.70. The maximum absolute atomic E-state index is 11.6. The minimum absolute atomic E-state index is 0.0417. The van der Waals surface area contributed by atoms with Gasteiger partial charge in [0.25, 0.3) is 0 Å². The molecule has 0 N–H and O–H groups in total. The summed E-state index contributed by atoms with van der Waals surface area (Å²) in [5.41, 5.74) is 2.53. The second-order valence-corrected chi connectivity index (χ2v) is 8.61. The van der Waals surface area contributed by atoms with Gasteiger partial charge in [0.1, 0.15) is 0 Å². The highest BCUT2D eigenvalue weighted by Crippen LogP contribution is 2.30. The van der Waals surface area contributed by atoms with E-state index in [4.69, 9.17) is 0 Å². The molecule has 0 aromatic heterocycles. The van der Waals surface area contributed by atoms with Crippen molar-refractivity contribution in [1.29, 1.82) is 0 Å². The highest BCUT2D eigenvalue weighted by molar-refractivity contribution is 8.13. The van der Waals surface area contributed by atoms with E-state index in [9.17, 15) is 8.42 Å². The van der Waals surface area contributed by atoms with Crippen molar-refractivity contribution < 1.29 is 8.42 Å². The second-order valence-electron chi connectivity index (χ2n) is 5.51. The molecule has 20 heavy (non-hydrogen) atoms. The number of fused-ring (bicyclic) bond motifs is 1. The van der Waals surface area contributed by atoms with E-state index in [0.29, 0.717) is 0 Å². The zero-order chi connectivity index (χ0) is 14.3. The third kappa shape index (κ3) is 2.72. The highest BCUT2D eigenvalue weighted by atomic mass is 32.2. The maximum atomic E-state index is 11.6. The number of aliphatic imine (C=N–C) groups is 1. The van der Waals surface area contributed by atoms with Crippen molar-refractivity contribution in [3.05, 3.63) is 35.4 Å². The first kappa shape index (κ1) is 13.9. The summed E-state index contributed by atoms with van der Waals surface area (Å²) in [6, 6.07) is 8.41. The Morgan fingerprint density at radius 1 is 1.40 bits per heavy atom. The molecule has 6 heteroatoms. The molecule has 2 atom stereocenters. The van der Waals surface area contributed by atoms with E-state index < -0.39 is 9.84 Å². The first-order chi connectivity index (χ1) is 9.44. The van der Waals surface area contributed by atoms with E-state index in [-0.39, 0.29) is 23.6 Å². The van der Waals surface area contributed by atoms with E-state index in [1.807, 2.05) is 11.9 Å². The standard InChI is InChI=1S/C14H18N2O2S2/c1-10-4-3-5-11(6-10)7-19-14-15-12-8-20(17,18)9-13(12)16(14)2/h3-6,12-13H,7-9H2,1-2H3/t12-,13+/m1/s1. The lowest BCUT2D eigenvalue weighted by atomic mass is 10.2. The van der Waals surface area contributed by atoms with E-state index in [2.05, 4.69) is 36.2 Å². The number of hydrogen-bond acceptors (Lipinski definition) is 5. The van der Waals surface area contributed by atoms with Crippen LogP contribution in [0.2, 0.25) is 0 Å². The van der Waals surface area contributed by atoms with Crippen LogP contribution < -0.4 is 0 Å². The number of rotatable bonds is 2. The van der Waals surface area contributed by atoms with Crippen molar-refractivity contribution in [2.75, 3.05) is 18.6 Å². The second kappa shape index (κ2) is 5.07. The molecule has 0 aliphatic carbocycles. The Bertz CT molecular complexity index is 655. The highest BCUT2D eigenvalue weighted by Gasteiger charge is 2.44. The lowest BCUT2D eigenvalue weighted by Gasteiger charge is -2.20. The fraction of sp³-hybridized carbons (Fsp3) is 0.500. The van der Waals surface area contributed by atoms with Gasteiger partial charge in [0.05, 0.1) is 23.6 Å². The molecule has 1 fully saturated rings. The maximum Gasteiger partial charge on any atom is 0.159 e. The minimum Gasteiger partial charge on any atom is -0.348 e. The summed E-state index contributed by atoms with van der Waals surface area (Å²) < 4.78 is 23.2. The van der Waals surface area contributed by atoms with Gasteiger partial charge in [-0.1, -0.05) is 41.6 Å². The van der Waals surface area contributed by atoms with Crippen molar-refractivity contribution in [3.63, 3.8) is 0 Å². The zero-order valence-corrected chi connectivity index (χ0v) is 13.2. The van der Waals surface area contributed by atoms with Gasteiger partial charge in [0.15, 0.2) is 15.0 Å². The summed E-state index contributed by atoms with van der Waals surface area (Å²) in [4.78, 5) is 6.63. The first-order valence-corrected chi connectivity index (χ1v) is 9.45. The molecule has 1 aromatic carbocycles. The van der Waals surface area contributed by atoms with Crippen LogP contribution in [0.25, 0.3) is 0 Å². The average Bonchev–Trinajstić information content (AvgIpc) is 2.81. The molecule has 108 valence electrons. The number of aryl methyl sites for hydroxylation is 1. The Labute approximate surface area is 124 Å². The average molecular weight is 310 g/mol. The number of amidine groups is 1. The van der Waals surface area contributed by atoms with Gasteiger partial charge >= 0.3 is 0 Å². The third-order valence-electron chi connectivity index (χ3n) is 3.82. The van der Waals surface area contributed by atoms with E-state index in [1.54, 1.807) is 11.8 Å². The van der Waals surface area contributed by atoms with E-state index in [1.165, 1.54) is 11.1 Å². The van der Waals surface area contributed by atoms with Gasteiger partial charge in [0, 0.05) is 12.8 Å². The summed E-state index contributed by atoms with van der Waals surface area (Å²) >= 11 is 1.69. The fourth-order valence-electron chi connectivity index (χ4n) is 2.77. The van der Waals surface area contributed by atoms with Crippen molar-refractivity contribution >= 4 is 26.8 Å². The Morgan fingerprint density at radius 3 is 2.90 bits per heavy atom. The first-order valence-electron chi connectivity index (χ1n) is 6.64. The molecule has 0 bridgehead atoms. The lowest BCUT2D eigenvalue weighted by Crippen LogP contribution is -2.35. The van der Waals surface area contributed by atoms with Gasteiger partial charge in [-0.3, -0.25) is 4.99 Å². The van der Waals surface area contributed by atoms with Crippen molar-refractivity contribution in [2.45, 2.75) is 24.8 Å². The lowest BCUT2D eigenvalue weighted by molar-refractivity contribution is 0.410. The molecule has 2 heterocycles. The van der Waals surface area contributed by atoms with Crippen LogP contribution in [0.5, 0.6) is 0 Å². The Kier molecular flexibility index (Phi) is 3.54. The fourth-order valence-corrected chi connectivity index (χ4v) is 5.71. The molecule has 1 aromatic rings.